The molecule has 166 valence electrons. The van der Waals surface area contributed by atoms with Gasteiger partial charge in [0.05, 0.1) is 18.6 Å². The quantitative estimate of drug-likeness (QED) is 0.571. The van der Waals surface area contributed by atoms with E-state index in [0.717, 1.165) is 5.56 Å². The number of carbonyl (C=O) groups is 2. The molecular formula is C25H27N3O3S. The van der Waals surface area contributed by atoms with Gasteiger partial charge < -0.3 is 14.5 Å². The lowest BCUT2D eigenvalue weighted by molar-refractivity contribution is -0.134. The highest BCUT2D eigenvalue weighted by Gasteiger charge is 2.32. The Morgan fingerprint density at radius 2 is 1.97 bits per heavy atom. The SMILES string of the molecule is CCN1CCN(C(=O)c2ccc(OC)nc2)C[C@@H](Cc2ccc(-c3cccs3)cc2)C1=O. The summed E-state index contributed by atoms with van der Waals surface area (Å²) >= 11 is 1.71. The van der Waals surface area contributed by atoms with Crippen molar-refractivity contribution in [3.05, 3.63) is 71.2 Å². The van der Waals surface area contributed by atoms with Crippen LogP contribution < -0.4 is 4.74 Å². The van der Waals surface area contributed by atoms with Gasteiger partial charge in [0.2, 0.25) is 11.8 Å². The first-order valence-electron chi connectivity index (χ1n) is 10.8. The maximum Gasteiger partial charge on any atom is 0.255 e. The second kappa shape index (κ2) is 9.96. The summed E-state index contributed by atoms with van der Waals surface area (Å²) in [6.07, 6.45) is 2.13. The van der Waals surface area contributed by atoms with E-state index in [0.29, 0.717) is 44.0 Å². The van der Waals surface area contributed by atoms with Crippen molar-refractivity contribution < 1.29 is 14.3 Å². The van der Waals surface area contributed by atoms with Crippen LogP contribution in [0.3, 0.4) is 0 Å². The predicted molar refractivity (Wildman–Crippen MR) is 126 cm³/mol. The Morgan fingerprint density at radius 3 is 2.59 bits per heavy atom. The fraction of sp³-hybridized carbons (Fsp3) is 0.320. The van der Waals surface area contributed by atoms with Crippen LogP contribution in [-0.2, 0) is 11.2 Å². The average molecular weight is 450 g/mol. The second-order valence-corrected chi connectivity index (χ2v) is 8.78. The van der Waals surface area contributed by atoms with Gasteiger partial charge in [-0.2, -0.15) is 0 Å². The summed E-state index contributed by atoms with van der Waals surface area (Å²) in [4.78, 5) is 35.3. The third-order valence-corrected chi connectivity index (χ3v) is 6.76. The average Bonchev–Trinajstić information content (AvgIpc) is 3.33. The summed E-state index contributed by atoms with van der Waals surface area (Å²) in [6, 6.07) is 15.9. The molecule has 6 nitrogen and oxygen atoms in total. The van der Waals surface area contributed by atoms with E-state index in [1.165, 1.54) is 16.6 Å². The van der Waals surface area contributed by atoms with Gasteiger partial charge in [-0.25, -0.2) is 4.98 Å². The minimum absolute atomic E-state index is 0.107. The van der Waals surface area contributed by atoms with Gasteiger partial charge in [-0.05, 0) is 42.0 Å². The van der Waals surface area contributed by atoms with Crippen LogP contribution in [0.15, 0.2) is 60.1 Å². The molecule has 1 atom stereocenters. The molecule has 1 aliphatic heterocycles. The van der Waals surface area contributed by atoms with Crippen LogP contribution in [0.4, 0.5) is 0 Å². The molecule has 0 unspecified atom stereocenters. The molecule has 0 saturated carbocycles. The highest BCUT2D eigenvalue weighted by atomic mass is 32.1. The molecule has 1 aliphatic rings. The Balaban J connectivity index is 1.52. The topological polar surface area (TPSA) is 62.7 Å². The van der Waals surface area contributed by atoms with Gasteiger partial charge in [-0.3, -0.25) is 9.59 Å². The first kappa shape index (κ1) is 22.0. The summed E-state index contributed by atoms with van der Waals surface area (Å²) in [5.41, 5.74) is 2.78. The lowest BCUT2D eigenvalue weighted by Gasteiger charge is -2.23. The molecule has 4 rings (SSSR count). The lowest BCUT2D eigenvalue weighted by atomic mass is 9.96. The van der Waals surface area contributed by atoms with E-state index >= 15 is 0 Å². The van der Waals surface area contributed by atoms with Crippen molar-refractivity contribution in [2.45, 2.75) is 13.3 Å². The van der Waals surface area contributed by atoms with Gasteiger partial charge >= 0.3 is 0 Å². The summed E-state index contributed by atoms with van der Waals surface area (Å²) in [7, 11) is 1.54. The third-order valence-electron chi connectivity index (χ3n) is 5.84. The molecule has 0 N–H and O–H groups in total. The normalized spacial score (nSPS) is 16.7. The van der Waals surface area contributed by atoms with Crippen LogP contribution in [0.2, 0.25) is 0 Å². The van der Waals surface area contributed by atoms with Crippen molar-refractivity contribution in [3.63, 3.8) is 0 Å². The zero-order valence-corrected chi connectivity index (χ0v) is 19.2. The summed E-state index contributed by atoms with van der Waals surface area (Å²) in [5.74, 6) is 0.191. The van der Waals surface area contributed by atoms with Crippen molar-refractivity contribution in [1.29, 1.82) is 0 Å². The van der Waals surface area contributed by atoms with Crippen molar-refractivity contribution in [2.75, 3.05) is 33.3 Å². The molecule has 32 heavy (non-hydrogen) atoms. The van der Waals surface area contributed by atoms with Crippen LogP contribution in [0, 0.1) is 5.92 Å². The minimum Gasteiger partial charge on any atom is -0.481 e. The number of ether oxygens (including phenoxy) is 1. The number of aromatic nitrogens is 1. The zero-order valence-electron chi connectivity index (χ0n) is 18.4. The number of pyridine rings is 1. The summed E-state index contributed by atoms with van der Waals surface area (Å²) < 4.78 is 5.09. The van der Waals surface area contributed by atoms with Crippen LogP contribution in [-0.4, -0.2) is 59.9 Å². The lowest BCUT2D eigenvalue weighted by Crippen LogP contribution is -2.37. The number of likely N-dealkylation sites (N-methyl/N-ethyl adjacent to an activating group) is 1. The Labute approximate surface area is 192 Å². The number of amides is 2. The number of hydrogen-bond acceptors (Lipinski definition) is 5. The van der Waals surface area contributed by atoms with Gasteiger partial charge in [0.25, 0.3) is 5.91 Å². The smallest absolute Gasteiger partial charge is 0.255 e. The molecule has 0 bridgehead atoms. The largest absolute Gasteiger partial charge is 0.481 e. The van der Waals surface area contributed by atoms with Gasteiger partial charge in [0.1, 0.15) is 0 Å². The van der Waals surface area contributed by atoms with Crippen molar-refractivity contribution in [1.82, 2.24) is 14.8 Å². The predicted octanol–water partition coefficient (Wildman–Crippen LogP) is 3.98. The molecule has 3 heterocycles. The molecule has 0 spiro atoms. The molecule has 0 radical (unpaired) electrons. The minimum atomic E-state index is -0.278. The molecule has 1 aromatic carbocycles. The van der Waals surface area contributed by atoms with Crippen LogP contribution in [0.25, 0.3) is 10.4 Å². The fourth-order valence-corrected chi connectivity index (χ4v) is 4.77. The maximum absolute atomic E-state index is 13.2. The van der Waals surface area contributed by atoms with Gasteiger partial charge in [-0.15, -0.1) is 11.3 Å². The molecule has 1 saturated heterocycles. The number of carbonyl (C=O) groups excluding carboxylic acids is 2. The van der Waals surface area contributed by atoms with E-state index in [-0.39, 0.29) is 17.7 Å². The fourth-order valence-electron chi connectivity index (χ4n) is 4.04. The maximum atomic E-state index is 13.2. The first-order chi connectivity index (χ1) is 15.6. The molecule has 0 aliphatic carbocycles. The van der Waals surface area contributed by atoms with Gasteiger partial charge in [0, 0.05) is 43.3 Å². The number of thiophene rings is 1. The summed E-state index contributed by atoms with van der Waals surface area (Å²) in [5, 5.41) is 2.07. The van der Waals surface area contributed by atoms with Crippen LogP contribution in [0.5, 0.6) is 5.88 Å². The molecule has 1 fully saturated rings. The Hall–Kier alpha value is -3.19. The van der Waals surface area contributed by atoms with Crippen molar-refractivity contribution >= 4 is 23.2 Å². The molecule has 2 aromatic heterocycles. The number of hydrogen-bond donors (Lipinski definition) is 0. The van der Waals surface area contributed by atoms with E-state index in [9.17, 15) is 9.59 Å². The highest BCUT2D eigenvalue weighted by molar-refractivity contribution is 7.13. The van der Waals surface area contributed by atoms with Gasteiger partial charge in [-0.1, -0.05) is 30.3 Å². The van der Waals surface area contributed by atoms with E-state index < -0.39 is 0 Å². The van der Waals surface area contributed by atoms with Crippen molar-refractivity contribution in [2.24, 2.45) is 5.92 Å². The number of methoxy groups -OCH3 is 1. The third kappa shape index (κ3) is 4.83. The highest BCUT2D eigenvalue weighted by Crippen LogP contribution is 2.26. The van der Waals surface area contributed by atoms with Gasteiger partial charge in [0.15, 0.2) is 0 Å². The monoisotopic (exact) mass is 449 g/mol. The van der Waals surface area contributed by atoms with E-state index in [1.54, 1.807) is 35.5 Å². The number of rotatable bonds is 6. The molecule has 3 aromatic rings. The molecular weight excluding hydrogens is 422 g/mol. The first-order valence-corrected chi connectivity index (χ1v) is 11.7. The van der Waals surface area contributed by atoms with E-state index in [4.69, 9.17) is 4.74 Å². The second-order valence-electron chi connectivity index (χ2n) is 7.83. The Bertz CT molecular complexity index is 1050. The van der Waals surface area contributed by atoms with Crippen molar-refractivity contribution in [3.8, 4) is 16.3 Å². The number of nitrogens with zero attached hydrogens (tertiary/aromatic N) is 3. The van der Waals surface area contributed by atoms with E-state index in [1.807, 2.05) is 17.9 Å². The Morgan fingerprint density at radius 1 is 1.16 bits per heavy atom. The van der Waals surface area contributed by atoms with Crippen LogP contribution in [0.1, 0.15) is 22.8 Å². The Kier molecular flexibility index (Phi) is 6.85. The zero-order chi connectivity index (χ0) is 22.5. The van der Waals surface area contributed by atoms with Crippen LogP contribution >= 0.6 is 11.3 Å². The number of benzene rings is 1. The molecule has 7 heteroatoms. The standard InChI is InChI=1S/C25H27N3O3S/c1-3-27-12-13-28(24(29)20-10-11-23(31-2)26-16-20)17-21(25(27)30)15-18-6-8-19(9-7-18)22-5-4-14-32-22/h4-11,14,16,21H,3,12-13,15,17H2,1-2H3/t21-/m1/s1. The van der Waals surface area contributed by atoms with E-state index in [2.05, 4.69) is 40.7 Å². The summed E-state index contributed by atoms with van der Waals surface area (Å²) in [6.45, 7) is 4.07. The molecule has 2 amide bonds.